The van der Waals surface area contributed by atoms with Gasteiger partial charge in [0, 0.05) is 0 Å². The van der Waals surface area contributed by atoms with Gasteiger partial charge >= 0.3 is 6.72 Å². The van der Waals surface area contributed by atoms with Gasteiger partial charge in [0.15, 0.2) is 0 Å². The molecule has 54 valence electrons. The largest absolute Gasteiger partial charge is 0.325 e. The fourth-order valence-corrected chi connectivity index (χ4v) is 2.66. The van der Waals surface area contributed by atoms with Gasteiger partial charge in [-0.3, -0.25) is 0 Å². The summed E-state index contributed by atoms with van der Waals surface area (Å²) in [7, 11) is 0. The topological polar surface area (TPSA) is 38.7 Å². The molecular weight excluding hydrogens is 159 g/mol. The summed E-state index contributed by atoms with van der Waals surface area (Å²) in [6.07, 6.45) is -0.137. The second kappa shape index (κ2) is 2.29. The lowest BCUT2D eigenvalue weighted by Crippen LogP contribution is -2.13. The third-order valence-corrected chi connectivity index (χ3v) is 2.97. The van der Waals surface area contributed by atoms with Crippen molar-refractivity contribution in [1.82, 2.24) is 0 Å². The fourth-order valence-electron chi connectivity index (χ4n) is 0.616. The SMILES string of the molecule is CC1OP(O)(=S)OC1C. The van der Waals surface area contributed by atoms with Gasteiger partial charge in [-0.2, -0.15) is 0 Å². The molecule has 2 atom stereocenters. The van der Waals surface area contributed by atoms with Gasteiger partial charge in [0.1, 0.15) is 0 Å². The van der Waals surface area contributed by atoms with E-state index in [0.29, 0.717) is 0 Å². The van der Waals surface area contributed by atoms with Gasteiger partial charge < -0.3 is 13.9 Å². The van der Waals surface area contributed by atoms with Gasteiger partial charge in [-0.05, 0) is 25.7 Å². The lowest BCUT2D eigenvalue weighted by atomic mass is 10.3. The Morgan fingerprint density at radius 3 is 1.78 bits per heavy atom. The Kier molecular flexibility index (Phi) is 1.94. The van der Waals surface area contributed by atoms with E-state index in [9.17, 15) is 0 Å². The average molecular weight is 168 g/mol. The van der Waals surface area contributed by atoms with Gasteiger partial charge in [-0.25, -0.2) is 0 Å². The molecule has 1 heterocycles. The Morgan fingerprint density at radius 2 is 1.67 bits per heavy atom. The zero-order valence-electron chi connectivity index (χ0n) is 5.27. The van der Waals surface area contributed by atoms with Crippen LogP contribution in [0.5, 0.6) is 0 Å². The van der Waals surface area contributed by atoms with Gasteiger partial charge in [0.05, 0.1) is 12.2 Å². The quantitative estimate of drug-likeness (QED) is 0.548. The van der Waals surface area contributed by atoms with Crippen molar-refractivity contribution in [2.24, 2.45) is 0 Å². The first kappa shape index (κ1) is 7.63. The Morgan fingerprint density at radius 1 is 1.33 bits per heavy atom. The van der Waals surface area contributed by atoms with E-state index in [4.69, 9.17) is 13.9 Å². The van der Waals surface area contributed by atoms with Crippen LogP contribution in [0.25, 0.3) is 0 Å². The zero-order chi connectivity index (χ0) is 7.07. The third kappa shape index (κ3) is 1.72. The molecule has 0 aromatic rings. The van der Waals surface area contributed by atoms with Gasteiger partial charge in [0.25, 0.3) is 0 Å². The molecule has 9 heavy (non-hydrogen) atoms. The molecule has 1 aliphatic rings. The molecule has 0 radical (unpaired) electrons. The molecule has 1 aliphatic heterocycles. The summed E-state index contributed by atoms with van der Waals surface area (Å²) in [4.78, 5) is 9.02. The highest BCUT2D eigenvalue weighted by Gasteiger charge is 2.34. The average Bonchev–Trinajstić information content (AvgIpc) is 1.79. The van der Waals surface area contributed by atoms with Crippen LogP contribution in [0.3, 0.4) is 0 Å². The van der Waals surface area contributed by atoms with Crippen molar-refractivity contribution < 1.29 is 13.9 Å². The normalized spacial score (nSPS) is 51.9. The van der Waals surface area contributed by atoms with E-state index in [2.05, 4.69) is 11.8 Å². The summed E-state index contributed by atoms with van der Waals surface area (Å²) in [5.74, 6) is 0. The highest BCUT2D eigenvalue weighted by molar-refractivity contribution is 8.07. The van der Waals surface area contributed by atoms with Crippen molar-refractivity contribution in [3.63, 3.8) is 0 Å². The van der Waals surface area contributed by atoms with Crippen LogP contribution in [0.1, 0.15) is 13.8 Å². The number of rotatable bonds is 0. The van der Waals surface area contributed by atoms with Gasteiger partial charge in [0.2, 0.25) is 0 Å². The summed E-state index contributed by atoms with van der Waals surface area (Å²) in [5.41, 5.74) is 0. The lowest BCUT2D eigenvalue weighted by molar-refractivity contribution is 0.187. The van der Waals surface area contributed by atoms with Crippen LogP contribution in [0.2, 0.25) is 0 Å². The van der Waals surface area contributed by atoms with Crippen LogP contribution < -0.4 is 0 Å². The van der Waals surface area contributed by atoms with Crippen molar-refractivity contribution >= 4 is 18.5 Å². The van der Waals surface area contributed by atoms with Gasteiger partial charge in [-0.1, -0.05) is 0 Å². The van der Waals surface area contributed by atoms with E-state index in [-0.39, 0.29) is 12.2 Å². The first-order valence-electron chi connectivity index (χ1n) is 2.71. The highest BCUT2D eigenvalue weighted by atomic mass is 32.5. The number of hydrogen-bond acceptors (Lipinski definition) is 3. The number of hydrogen-bond donors (Lipinski definition) is 1. The van der Waals surface area contributed by atoms with Crippen LogP contribution in [0.4, 0.5) is 0 Å². The molecule has 0 aromatic heterocycles. The standard InChI is InChI=1S/C4H9O3PS/c1-3-4(2)7-8(5,9)6-3/h3-4H,1-2H3,(H,5,9). The molecule has 0 aliphatic carbocycles. The van der Waals surface area contributed by atoms with Crippen LogP contribution in [0, 0.1) is 0 Å². The third-order valence-electron chi connectivity index (χ3n) is 1.26. The maximum Gasteiger partial charge on any atom is 0.325 e. The predicted octanol–water partition coefficient (Wildman–Crippen LogP) is 1.03. The molecule has 1 saturated heterocycles. The van der Waals surface area contributed by atoms with Crippen LogP contribution in [-0.2, 0) is 20.9 Å². The summed E-state index contributed by atoms with van der Waals surface area (Å²) < 4.78 is 9.84. The monoisotopic (exact) mass is 168 g/mol. The Bertz CT molecular complexity index is 146. The molecule has 0 amide bonds. The second-order valence-corrected chi connectivity index (χ2v) is 4.83. The molecule has 5 heteroatoms. The lowest BCUT2D eigenvalue weighted by Gasteiger charge is -2.02. The van der Waals surface area contributed by atoms with Crippen molar-refractivity contribution in [2.75, 3.05) is 0 Å². The molecule has 1 fully saturated rings. The molecule has 3 nitrogen and oxygen atoms in total. The fraction of sp³-hybridized carbons (Fsp3) is 1.00. The maximum absolute atomic E-state index is 9.02. The van der Waals surface area contributed by atoms with E-state index >= 15 is 0 Å². The molecule has 0 bridgehead atoms. The Hall–Kier alpha value is 0.530. The maximum atomic E-state index is 9.02. The van der Waals surface area contributed by atoms with E-state index in [1.54, 1.807) is 0 Å². The second-order valence-electron chi connectivity index (χ2n) is 2.09. The van der Waals surface area contributed by atoms with Crippen LogP contribution in [-0.4, -0.2) is 17.1 Å². The molecule has 2 unspecified atom stereocenters. The smallest absolute Gasteiger partial charge is 0.324 e. The Labute approximate surface area is 59.2 Å². The van der Waals surface area contributed by atoms with Crippen LogP contribution >= 0.6 is 6.72 Å². The van der Waals surface area contributed by atoms with E-state index in [1.165, 1.54) is 0 Å². The first-order valence-corrected chi connectivity index (χ1v) is 5.30. The minimum absolute atomic E-state index is 0.0687. The molecular formula is C4H9O3PS. The molecule has 0 aromatic carbocycles. The molecule has 1 rings (SSSR count). The van der Waals surface area contributed by atoms with E-state index in [1.807, 2.05) is 13.8 Å². The summed E-state index contributed by atoms with van der Waals surface area (Å²) in [6.45, 7) is 0.834. The molecule has 1 N–H and O–H groups in total. The summed E-state index contributed by atoms with van der Waals surface area (Å²) in [6, 6.07) is 0. The zero-order valence-corrected chi connectivity index (χ0v) is 6.98. The van der Waals surface area contributed by atoms with E-state index in [0.717, 1.165) is 0 Å². The minimum atomic E-state index is -2.82. The summed E-state index contributed by atoms with van der Waals surface area (Å²) in [5, 5.41) is 0. The van der Waals surface area contributed by atoms with Crippen molar-refractivity contribution in [2.45, 2.75) is 26.1 Å². The summed E-state index contributed by atoms with van der Waals surface area (Å²) >= 11 is 4.58. The van der Waals surface area contributed by atoms with E-state index < -0.39 is 6.72 Å². The minimum Gasteiger partial charge on any atom is -0.324 e. The highest BCUT2D eigenvalue weighted by Crippen LogP contribution is 2.52. The van der Waals surface area contributed by atoms with Crippen molar-refractivity contribution in [3.05, 3.63) is 0 Å². The molecule has 0 spiro atoms. The van der Waals surface area contributed by atoms with Gasteiger partial charge in [-0.15, -0.1) is 0 Å². The van der Waals surface area contributed by atoms with Crippen LogP contribution in [0.15, 0.2) is 0 Å². The van der Waals surface area contributed by atoms with Crippen molar-refractivity contribution in [1.29, 1.82) is 0 Å². The Balaban J connectivity index is 2.65. The van der Waals surface area contributed by atoms with Crippen molar-refractivity contribution in [3.8, 4) is 0 Å². The first-order chi connectivity index (χ1) is 4.01. The molecule has 0 saturated carbocycles. The predicted molar refractivity (Wildman–Crippen MR) is 37.6 cm³/mol.